The molecule has 2 unspecified atom stereocenters. The number of carbonyl (C=O) groups is 1. The molecule has 0 saturated heterocycles. The molecule has 2 atom stereocenters. The monoisotopic (exact) mass is 334 g/mol. The molecule has 1 aromatic rings. The van der Waals surface area contributed by atoms with Crippen LogP contribution >= 0.6 is 0 Å². The number of rotatable bonds is 6. The molecule has 1 rings (SSSR count). The highest BCUT2D eigenvalue weighted by molar-refractivity contribution is 5.98. The highest BCUT2D eigenvalue weighted by atomic mass is 19.4. The number of nitro benzene ring substituents is 1. The molecule has 0 aliphatic rings. The Morgan fingerprint density at radius 2 is 2.00 bits per heavy atom. The first kappa shape index (κ1) is 18.9. The molecule has 0 aliphatic heterocycles. The zero-order valence-electron chi connectivity index (χ0n) is 12.6. The predicted molar refractivity (Wildman–Crippen MR) is 75.9 cm³/mol. The lowest BCUT2D eigenvalue weighted by Crippen LogP contribution is -2.30. The third-order valence-corrected chi connectivity index (χ3v) is 3.12. The molecule has 0 heterocycles. The summed E-state index contributed by atoms with van der Waals surface area (Å²) in [7, 11) is 0. The first-order valence-corrected chi connectivity index (χ1v) is 6.84. The Balaban J connectivity index is 2.94. The van der Waals surface area contributed by atoms with Gasteiger partial charge in [-0.3, -0.25) is 14.9 Å². The standard InChI is InChI=1S/C14H17F3N2O4/c1-8(5-9(2)20)7-18-13(21)11-4-3-10(14(15,16)17)6-12(11)19(22)23/h3-4,6,8-9,20H,5,7H2,1-2H3,(H,18,21). The largest absolute Gasteiger partial charge is 0.416 e. The Kier molecular flexibility index (Phi) is 6.08. The number of alkyl halides is 3. The number of benzene rings is 1. The summed E-state index contributed by atoms with van der Waals surface area (Å²) in [6.07, 6.45) is -4.89. The minimum atomic E-state index is -4.73. The smallest absolute Gasteiger partial charge is 0.393 e. The highest BCUT2D eigenvalue weighted by Gasteiger charge is 2.34. The summed E-state index contributed by atoms with van der Waals surface area (Å²) in [5.74, 6) is -0.921. The normalized spacial score (nSPS) is 14.2. The Morgan fingerprint density at radius 3 is 2.48 bits per heavy atom. The molecular weight excluding hydrogens is 317 g/mol. The maximum Gasteiger partial charge on any atom is 0.416 e. The summed E-state index contributed by atoms with van der Waals surface area (Å²) in [6.45, 7) is 3.48. The lowest BCUT2D eigenvalue weighted by molar-refractivity contribution is -0.385. The lowest BCUT2D eigenvalue weighted by atomic mass is 10.0. The van der Waals surface area contributed by atoms with Crippen LogP contribution in [0.1, 0.15) is 36.2 Å². The van der Waals surface area contributed by atoms with Gasteiger partial charge in [0, 0.05) is 12.6 Å². The summed E-state index contributed by atoms with van der Waals surface area (Å²) in [4.78, 5) is 21.9. The third kappa shape index (κ3) is 5.51. The summed E-state index contributed by atoms with van der Waals surface area (Å²) in [6, 6.07) is 1.75. The molecule has 1 aromatic carbocycles. The van der Waals surface area contributed by atoms with E-state index in [9.17, 15) is 33.2 Å². The van der Waals surface area contributed by atoms with Crippen molar-refractivity contribution in [3.05, 3.63) is 39.4 Å². The third-order valence-electron chi connectivity index (χ3n) is 3.12. The molecule has 6 nitrogen and oxygen atoms in total. The zero-order valence-corrected chi connectivity index (χ0v) is 12.6. The minimum absolute atomic E-state index is 0.0903. The van der Waals surface area contributed by atoms with E-state index in [0.29, 0.717) is 18.6 Å². The van der Waals surface area contributed by atoms with Gasteiger partial charge in [-0.2, -0.15) is 13.2 Å². The average molecular weight is 334 g/mol. The van der Waals surface area contributed by atoms with Crippen LogP contribution in [0, 0.1) is 16.0 Å². The van der Waals surface area contributed by atoms with Crippen LogP contribution in [0.2, 0.25) is 0 Å². The van der Waals surface area contributed by atoms with E-state index in [1.807, 2.05) is 0 Å². The van der Waals surface area contributed by atoms with Crippen molar-refractivity contribution in [1.29, 1.82) is 0 Å². The van der Waals surface area contributed by atoms with Crippen LogP contribution in [0.4, 0.5) is 18.9 Å². The van der Waals surface area contributed by atoms with Gasteiger partial charge in [0.1, 0.15) is 5.56 Å². The SMILES string of the molecule is CC(O)CC(C)CNC(=O)c1ccc(C(F)(F)F)cc1[N+](=O)[O-]. The molecule has 1 amide bonds. The molecule has 0 aliphatic carbocycles. The van der Waals surface area contributed by atoms with Crippen LogP contribution in [0.5, 0.6) is 0 Å². The van der Waals surface area contributed by atoms with Gasteiger partial charge in [-0.25, -0.2) is 0 Å². The van der Waals surface area contributed by atoms with Crippen LogP contribution in [0.25, 0.3) is 0 Å². The van der Waals surface area contributed by atoms with Gasteiger partial charge in [0.05, 0.1) is 16.6 Å². The zero-order chi connectivity index (χ0) is 17.8. The average Bonchev–Trinajstić information content (AvgIpc) is 2.42. The second-order valence-electron chi connectivity index (χ2n) is 5.39. The van der Waals surface area contributed by atoms with E-state index >= 15 is 0 Å². The van der Waals surface area contributed by atoms with Crippen molar-refractivity contribution in [1.82, 2.24) is 5.32 Å². The van der Waals surface area contributed by atoms with Crippen molar-refractivity contribution in [2.45, 2.75) is 32.5 Å². The molecule has 0 bridgehead atoms. The number of hydrogen-bond donors (Lipinski definition) is 2. The molecule has 9 heteroatoms. The van der Waals surface area contributed by atoms with Crippen molar-refractivity contribution in [2.24, 2.45) is 5.92 Å². The Hall–Kier alpha value is -2.16. The van der Waals surface area contributed by atoms with E-state index in [0.717, 1.165) is 6.07 Å². The summed E-state index contributed by atoms with van der Waals surface area (Å²) in [5, 5.41) is 22.6. The van der Waals surface area contributed by atoms with Gasteiger partial charge >= 0.3 is 6.18 Å². The van der Waals surface area contributed by atoms with Gasteiger partial charge in [-0.15, -0.1) is 0 Å². The van der Waals surface area contributed by atoms with E-state index in [-0.39, 0.29) is 12.5 Å². The fourth-order valence-electron chi connectivity index (χ4n) is 2.08. The van der Waals surface area contributed by atoms with Crippen LogP contribution < -0.4 is 5.32 Å². The predicted octanol–water partition coefficient (Wildman–Crippen LogP) is 2.75. The lowest BCUT2D eigenvalue weighted by Gasteiger charge is -2.14. The molecule has 23 heavy (non-hydrogen) atoms. The van der Waals surface area contributed by atoms with Gasteiger partial charge < -0.3 is 10.4 Å². The van der Waals surface area contributed by atoms with E-state index in [4.69, 9.17) is 0 Å². The first-order chi connectivity index (χ1) is 10.5. The fourth-order valence-corrected chi connectivity index (χ4v) is 2.08. The van der Waals surface area contributed by atoms with Crippen molar-refractivity contribution in [2.75, 3.05) is 6.54 Å². The molecule has 0 fully saturated rings. The minimum Gasteiger partial charge on any atom is -0.393 e. The number of nitrogens with one attached hydrogen (secondary N) is 1. The van der Waals surface area contributed by atoms with Crippen LogP contribution in [-0.4, -0.2) is 28.6 Å². The van der Waals surface area contributed by atoms with Crippen molar-refractivity contribution in [3.63, 3.8) is 0 Å². The Labute approximate surface area is 130 Å². The topological polar surface area (TPSA) is 92.5 Å². The Bertz CT molecular complexity index is 588. The van der Waals surface area contributed by atoms with Crippen LogP contribution in [0.3, 0.4) is 0 Å². The Morgan fingerprint density at radius 1 is 1.39 bits per heavy atom. The first-order valence-electron chi connectivity index (χ1n) is 6.84. The number of carbonyl (C=O) groups excluding carboxylic acids is 1. The summed E-state index contributed by atoms with van der Waals surface area (Å²) < 4.78 is 37.8. The van der Waals surface area contributed by atoms with E-state index in [1.165, 1.54) is 0 Å². The molecule has 0 spiro atoms. The number of amides is 1. The molecular formula is C14H17F3N2O4. The summed E-state index contributed by atoms with van der Waals surface area (Å²) in [5.41, 5.74) is -2.53. The van der Waals surface area contributed by atoms with Crippen LogP contribution in [-0.2, 0) is 6.18 Å². The number of hydrogen-bond acceptors (Lipinski definition) is 4. The maximum absolute atomic E-state index is 12.6. The fraction of sp³-hybridized carbons (Fsp3) is 0.500. The van der Waals surface area contributed by atoms with E-state index < -0.39 is 39.9 Å². The number of nitro groups is 1. The quantitative estimate of drug-likeness (QED) is 0.618. The molecule has 0 radical (unpaired) electrons. The van der Waals surface area contributed by atoms with Crippen molar-refractivity contribution in [3.8, 4) is 0 Å². The second kappa shape index (κ2) is 7.40. The van der Waals surface area contributed by atoms with Gasteiger partial charge in [-0.05, 0) is 31.4 Å². The molecule has 0 aromatic heterocycles. The maximum atomic E-state index is 12.6. The molecule has 128 valence electrons. The number of aliphatic hydroxyl groups excluding tert-OH is 1. The van der Waals surface area contributed by atoms with Crippen molar-refractivity contribution >= 4 is 11.6 Å². The van der Waals surface area contributed by atoms with Gasteiger partial charge in [0.15, 0.2) is 0 Å². The van der Waals surface area contributed by atoms with Gasteiger partial charge in [-0.1, -0.05) is 6.92 Å². The molecule has 0 saturated carbocycles. The van der Waals surface area contributed by atoms with E-state index in [1.54, 1.807) is 13.8 Å². The second-order valence-corrected chi connectivity index (χ2v) is 5.39. The number of nitrogens with zero attached hydrogens (tertiary/aromatic N) is 1. The van der Waals surface area contributed by atoms with Crippen molar-refractivity contribution < 1.29 is 28.0 Å². The van der Waals surface area contributed by atoms with E-state index in [2.05, 4.69) is 5.32 Å². The number of halogens is 3. The number of aliphatic hydroxyl groups is 1. The molecule has 2 N–H and O–H groups in total. The summed E-state index contributed by atoms with van der Waals surface area (Å²) >= 11 is 0. The van der Waals surface area contributed by atoms with Crippen LogP contribution in [0.15, 0.2) is 18.2 Å². The van der Waals surface area contributed by atoms with Gasteiger partial charge in [0.2, 0.25) is 0 Å². The van der Waals surface area contributed by atoms with Gasteiger partial charge in [0.25, 0.3) is 11.6 Å². The highest BCUT2D eigenvalue weighted by Crippen LogP contribution is 2.33.